The van der Waals surface area contributed by atoms with Crippen molar-refractivity contribution >= 4 is 23.3 Å². The molecule has 1 aliphatic rings. The van der Waals surface area contributed by atoms with Gasteiger partial charge in [-0.3, -0.25) is 4.79 Å². The summed E-state index contributed by atoms with van der Waals surface area (Å²) < 4.78 is 12.6. The van der Waals surface area contributed by atoms with Gasteiger partial charge >= 0.3 is 0 Å². The Morgan fingerprint density at radius 3 is 2.62 bits per heavy atom. The number of nitrogens with zero attached hydrogens (tertiary/aromatic N) is 4. The molecule has 29 heavy (non-hydrogen) atoms. The number of amides is 1. The predicted molar refractivity (Wildman–Crippen MR) is 113 cm³/mol. The van der Waals surface area contributed by atoms with Gasteiger partial charge in [0.1, 0.15) is 5.03 Å². The predicted octanol–water partition coefficient (Wildman–Crippen LogP) is 3.44. The van der Waals surface area contributed by atoms with Crippen LogP contribution in [0.15, 0.2) is 35.5 Å². The molecule has 1 aliphatic heterocycles. The molecule has 0 unspecified atom stereocenters. The number of hydrogen-bond donors (Lipinski definition) is 0. The van der Waals surface area contributed by atoms with Crippen molar-refractivity contribution in [3.8, 4) is 22.6 Å². The lowest BCUT2D eigenvalue weighted by Crippen LogP contribution is -2.29. The Morgan fingerprint density at radius 2 is 1.90 bits per heavy atom. The monoisotopic (exact) mass is 412 g/mol. The van der Waals surface area contributed by atoms with Crippen molar-refractivity contribution in [2.24, 2.45) is 0 Å². The fourth-order valence-corrected chi connectivity index (χ4v) is 4.52. The van der Waals surface area contributed by atoms with Crippen molar-refractivity contribution in [3.05, 3.63) is 36.2 Å². The molecular formula is C21H24N4O3S. The number of carbonyl (C=O) groups excluding carboxylic acids is 1. The number of fused-ring (bicyclic) bond motifs is 1. The van der Waals surface area contributed by atoms with Gasteiger partial charge in [-0.05, 0) is 43.5 Å². The molecule has 2 aromatic heterocycles. The number of aromatic nitrogens is 3. The van der Waals surface area contributed by atoms with Crippen LogP contribution in [0.1, 0.15) is 18.5 Å². The first kappa shape index (κ1) is 19.6. The van der Waals surface area contributed by atoms with Crippen molar-refractivity contribution < 1.29 is 14.3 Å². The molecule has 8 heteroatoms. The van der Waals surface area contributed by atoms with Crippen LogP contribution in [0.5, 0.6) is 11.5 Å². The number of thioether (sulfide) groups is 1. The third kappa shape index (κ3) is 3.89. The van der Waals surface area contributed by atoms with Crippen molar-refractivity contribution in [2.45, 2.75) is 24.8 Å². The van der Waals surface area contributed by atoms with Crippen LogP contribution < -0.4 is 9.47 Å². The third-order valence-corrected chi connectivity index (χ3v) is 6.04. The van der Waals surface area contributed by atoms with E-state index in [0.29, 0.717) is 17.3 Å². The second-order valence-electron chi connectivity index (χ2n) is 6.98. The normalized spacial score (nSPS) is 13.8. The van der Waals surface area contributed by atoms with E-state index in [4.69, 9.17) is 14.5 Å². The molecule has 4 rings (SSSR count). The number of ether oxygens (including phenoxy) is 2. The Kier molecular flexibility index (Phi) is 5.62. The minimum atomic E-state index is 0.183. The number of hydrogen-bond acceptors (Lipinski definition) is 6. The molecule has 1 aromatic carbocycles. The van der Waals surface area contributed by atoms with Gasteiger partial charge in [-0.1, -0.05) is 17.8 Å². The fraction of sp³-hybridized carbons (Fsp3) is 0.381. The number of rotatable bonds is 6. The second kappa shape index (κ2) is 8.32. The maximum atomic E-state index is 12.4. The third-order valence-electron chi connectivity index (χ3n) is 5.06. The van der Waals surface area contributed by atoms with Crippen molar-refractivity contribution in [1.29, 1.82) is 0 Å². The lowest BCUT2D eigenvalue weighted by molar-refractivity contribution is -0.127. The van der Waals surface area contributed by atoms with Gasteiger partial charge in [-0.25, -0.2) is 9.50 Å². The first-order valence-electron chi connectivity index (χ1n) is 9.59. The lowest BCUT2D eigenvalue weighted by atomic mass is 10.1. The molecule has 3 aromatic rings. The summed E-state index contributed by atoms with van der Waals surface area (Å²) in [6, 6.07) is 7.73. The first-order chi connectivity index (χ1) is 14.1. The second-order valence-corrected chi connectivity index (χ2v) is 7.97. The number of aryl methyl sites for hydroxylation is 1. The molecule has 0 N–H and O–H groups in total. The maximum absolute atomic E-state index is 12.4. The van der Waals surface area contributed by atoms with Crippen LogP contribution in [0.4, 0.5) is 0 Å². The van der Waals surface area contributed by atoms with E-state index in [9.17, 15) is 4.79 Å². The highest BCUT2D eigenvalue weighted by molar-refractivity contribution is 7.99. The highest BCUT2D eigenvalue weighted by atomic mass is 32.2. The molecule has 1 saturated heterocycles. The number of benzene rings is 1. The van der Waals surface area contributed by atoms with Crippen LogP contribution in [0, 0.1) is 6.92 Å². The maximum Gasteiger partial charge on any atom is 0.232 e. The zero-order valence-corrected chi connectivity index (χ0v) is 17.7. The lowest BCUT2D eigenvalue weighted by Gasteiger charge is -2.15. The first-order valence-corrected chi connectivity index (χ1v) is 10.6. The van der Waals surface area contributed by atoms with E-state index in [2.05, 4.69) is 5.10 Å². The van der Waals surface area contributed by atoms with Crippen LogP contribution in [-0.2, 0) is 4.79 Å². The fourth-order valence-electron chi connectivity index (χ4n) is 3.55. The molecule has 0 atom stereocenters. The molecule has 152 valence electrons. The van der Waals surface area contributed by atoms with Gasteiger partial charge in [0.2, 0.25) is 5.91 Å². The van der Waals surface area contributed by atoms with Gasteiger partial charge in [0.05, 0.1) is 26.2 Å². The largest absolute Gasteiger partial charge is 0.493 e. The molecule has 0 radical (unpaired) electrons. The Morgan fingerprint density at radius 1 is 1.14 bits per heavy atom. The number of likely N-dealkylation sites (tertiary alicyclic amines) is 1. The zero-order chi connectivity index (χ0) is 20.4. The van der Waals surface area contributed by atoms with E-state index in [-0.39, 0.29) is 5.91 Å². The van der Waals surface area contributed by atoms with Gasteiger partial charge in [0.25, 0.3) is 0 Å². The minimum Gasteiger partial charge on any atom is -0.493 e. The van der Waals surface area contributed by atoms with Crippen LogP contribution in [0.2, 0.25) is 0 Å². The molecule has 0 spiro atoms. The Labute approximate surface area is 174 Å². The molecular weight excluding hydrogens is 388 g/mol. The van der Waals surface area contributed by atoms with Gasteiger partial charge < -0.3 is 14.4 Å². The summed E-state index contributed by atoms with van der Waals surface area (Å²) in [4.78, 5) is 19.1. The van der Waals surface area contributed by atoms with E-state index in [0.717, 1.165) is 53.4 Å². The molecule has 3 heterocycles. The molecule has 0 aliphatic carbocycles. The van der Waals surface area contributed by atoms with Gasteiger partial charge in [0, 0.05) is 24.3 Å². The van der Waals surface area contributed by atoms with E-state index in [1.165, 1.54) is 11.8 Å². The van der Waals surface area contributed by atoms with Crippen molar-refractivity contribution in [1.82, 2.24) is 19.5 Å². The summed E-state index contributed by atoms with van der Waals surface area (Å²) in [6.45, 7) is 3.70. The van der Waals surface area contributed by atoms with E-state index in [1.54, 1.807) is 24.9 Å². The standard InChI is InChI=1S/C21H24N4O3S/c1-14-10-20(29-13-19(26)24-8-4-5-9-24)25-21(23-14)16(12-22-25)15-6-7-17(27-2)18(11-15)28-3/h6-7,10-12H,4-5,8-9,13H2,1-3H3. The summed E-state index contributed by atoms with van der Waals surface area (Å²) in [6.07, 6.45) is 4.00. The highest BCUT2D eigenvalue weighted by Gasteiger charge is 2.19. The zero-order valence-electron chi connectivity index (χ0n) is 16.8. The van der Waals surface area contributed by atoms with Crippen LogP contribution >= 0.6 is 11.8 Å². The summed E-state index contributed by atoms with van der Waals surface area (Å²) in [5, 5.41) is 5.46. The van der Waals surface area contributed by atoms with E-state index < -0.39 is 0 Å². The average molecular weight is 413 g/mol. The quantitative estimate of drug-likeness (QED) is 0.456. The highest BCUT2D eigenvalue weighted by Crippen LogP contribution is 2.34. The SMILES string of the molecule is COc1ccc(-c2cnn3c(SCC(=O)N4CCCC4)cc(C)nc23)cc1OC. The Hall–Kier alpha value is -2.74. The summed E-state index contributed by atoms with van der Waals surface area (Å²) >= 11 is 1.51. The molecule has 0 saturated carbocycles. The summed E-state index contributed by atoms with van der Waals surface area (Å²) in [7, 11) is 3.23. The molecule has 7 nitrogen and oxygen atoms in total. The van der Waals surface area contributed by atoms with Crippen LogP contribution in [0.25, 0.3) is 16.8 Å². The van der Waals surface area contributed by atoms with Crippen molar-refractivity contribution in [3.63, 3.8) is 0 Å². The van der Waals surface area contributed by atoms with Crippen LogP contribution in [0.3, 0.4) is 0 Å². The molecule has 1 fully saturated rings. The average Bonchev–Trinajstić information content (AvgIpc) is 3.41. The number of carbonyl (C=O) groups is 1. The van der Waals surface area contributed by atoms with Gasteiger partial charge in [-0.15, -0.1) is 0 Å². The molecule has 0 bridgehead atoms. The Balaban J connectivity index is 1.65. The van der Waals surface area contributed by atoms with E-state index >= 15 is 0 Å². The minimum absolute atomic E-state index is 0.183. The van der Waals surface area contributed by atoms with Gasteiger partial charge in [0.15, 0.2) is 17.1 Å². The van der Waals surface area contributed by atoms with E-state index in [1.807, 2.05) is 36.1 Å². The summed E-state index contributed by atoms with van der Waals surface area (Å²) in [5.74, 6) is 1.92. The summed E-state index contributed by atoms with van der Waals surface area (Å²) in [5.41, 5.74) is 3.49. The smallest absolute Gasteiger partial charge is 0.232 e. The topological polar surface area (TPSA) is 69.0 Å². The molecule has 1 amide bonds. The van der Waals surface area contributed by atoms with Crippen molar-refractivity contribution in [2.75, 3.05) is 33.1 Å². The van der Waals surface area contributed by atoms with Crippen LogP contribution in [-0.4, -0.2) is 58.5 Å². The Bertz CT molecular complexity index is 1040. The van der Waals surface area contributed by atoms with Gasteiger partial charge in [-0.2, -0.15) is 5.10 Å². The number of methoxy groups -OCH3 is 2.